The molecule has 0 saturated heterocycles. The fraction of sp³-hybridized carbons (Fsp3) is 0.167. The first-order valence-electron chi connectivity index (χ1n) is 5.47. The second kappa shape index (κ2) is 5.16. The molecule has 2 N–H and O–H groups in total. The number of benzene rings is 1. The fourth-order valence-electron chi connectivity index (χ4n) is 1.53. The summed E-state index contributed by atoms with van der Waals surface area (Å²) in [6.07, 6.45) is -3.34. The molecule has 0 unspecified atom stereocenters. The smallest absolute Gasteiger partial charge is 0.339 e. The molecule has 20 heavy (non-hydrogen) atoms. The van der Waals surface area contributed by atoms with E-state index in [-0.39, 0.29) is 16.5 Å². The maximum atomic E-state index is 12.7. The highest BCUT2D eigenvalue weighted by atomic mass is 35.5. The zero-order valence-corrected chi connectivity index (χ0v) is 10.9. The van der Waals surface area contributed by atoms with Gasteiger partial charge in [0.2, 0.25) is 0 Å². The Balaban J connectivity index is 2.43. The van der Waals surface area contributed by atoms with Gasteiger partial charge in [-0.1, -0.05) is 17.7 Å². The number of H-pyrrole nitrogens is 1. The normalized spacial score (nSPS) is 11.4. The number of hydrogen-bond acceptors (Lipinski definition) is 3. The Morgan fingerprint density at radius 3 is 2.70 bits per heavy atom. The van der Waals surface area contributed by atoms with E-state index in [2.05, 4.69) is 15.3 Å². The Hall–Kier alpha value is -2.02. The molecule has 2 rings (SSSR count). The highest BCUT2D eigenvalue weighted by Gasteiger charge is 2.30. The van der Waals surface area contributed by atoms with Crippen LogP contribution in [0.4, 0.5) is 24.7 Å². The van der Waals surface area contributed by atoms with Crippen LogP contribution >= 0.6 is 11.6 Å². The van der Waals surface area contributed by atoms with Crippen LogP contribution in [0, 0.1) is 6.92 Å². The van der Waals surface area contributed by atoms with Crippen LogP contribution < -0.4 is 10.9 Å². The third kappa shape index (κ3) is 2.93. The van der Waals surface area contributed by atoms with Crippen molar-refractivity contribution in [1.29, 1.82) is 0 Å². The average Bonchev–Trinajstić information content (AvgIpc) is 2.36. The maximum Gasteiger partial charge on any atom is 0.416 e. The summed E-state index contributed by atoms with van der Waals surface area (Å²) >= 11 is 5.73. The van der Waals surface area contributed by atoms with Crippen LogP contribution in [-0.4, -0.2) is 9.97 Å². The van der Waals surface area contributed by atoms with E-state index in [0.717, 1.165) is 18.5 Å². The maximum absolute atomic E-state index is 12.7. The van der Waals surface area contributed by atoms with Crippen molar-refractivity contribution < 1.29 is 13.2 Å². The molecule has 0 atom stereocenters. The van der Waals surface area contributed by atoms with E-state index >= 15 is 0 Å². The number of alkyl halides is 3. The van der Waals surface area contributed by atoms with Gasteiger partial charge in [0, 0.05) is 5.69 Å². The molecular formula is C12H9ClF3N3O. The van der Waals surface area contributed by atoms with Gasteiger partial charge >= 0.3 is 6.18 Å². The molecule has 1 aromatic heterocycles. The molecule has 0 amide bonds. The summed E-state index contributed by atoms with van der Waals surface area (Å²) in [7, 11) is 0. The van der Waals surface area contributed by atoms with Gasteiger partial charge in [-0.15, -0.1) is 0 Å². The Kier molecular flexibility index (Phi) is 3.71. The van der Waals surface area contributed by atoms with E-state index in [1.54, 1.807) is 6.92 Å². The summed E-state index contributed by atoms with van der Waals surface area (Å²) in [5.41, 5.74) is -0.628. The van der Waals surface area contributed by atoms with Crippen molar-refractivity contribution in [3.05, 3.63) is 51.0 Å². The van der Waals surface area contributed by atoms with Crippen LogP contribution in [0.15, 0.2) is 29.3 Å². The van der Waals surface area contributed by atoms with Crippen molar-refractivity contribution in [2.45, 2.75) is 13.1 Å². The number of nitrogens with one attached hydrogen (secondary N) is 2. The van der Waals surface area contributed by atoms with Gasteiger partial charge in [0.05, 0.1) is 11.9 Å². The lowest BCUT2D eigenvalue weighted by molar-refractivity contribution is -0.137. The monoisotopic (exact) mass is 303 g/mol. The topological polar surface area (TPSA) is 57.8 Å². The largest absolute Gasteiger partial charge is 0.416 e. The molecule has 0 fully saturated rings. The van der Waals surface area contributed by atoms with Gasteiger partial charge in [-0.05, 0) is 24.6 Å². The number of halogens is 4. The lowest BCUT2D eigenvalue weighted by atomic mass is 10.1. The first kappa shape index (κ1) is 14.4. The molecule has 0 aliphatic rings. The highest BCUT2D eigenvalue weighted by molar-refractivity contribution is 6.32. The Morgan fingerprint density at radius 2 is 2.05 bits per heavy atom. The molecule has 0 aliphatic carbocycles. The van der Waals surface area contributed by atoms with Crippen molar-refractivity contribution >= 4 is 23.1 Å². The van der Waals surface area contributed by atoms with E-state index in [9.17, 15) is 18.0 Å². The van der Waals surface area contributed by atoms with Crippen LogP contribution in [0.3, 0.4) is 0 Å². The summed E-state index contributed by atoms with van der Waals surface area (Å²) in [4.78, 5) is 17.3. The standard InChI is InChI=1S/C12H9ClF3N3O/c1-6-2-3-7(12(14,15)16)4-8(6)19-10-9(13)11(20)18-5-17-10/h2-5H,1H3,(H2,17,18,19,20). The first-order valence-corrected chi connectivity index (χ1v) is 5.85. The lowest BCUT2D eigenvalue weighted by Gasteiger charge is -2.13. The van der Waals surface area contributed by atoms with Crippen molar-refractivity contribution in [1.82, 2.24) is 9.97 Å². The number of aromatic amines is 1. The van der Waals surface area contributed by atoms with Crippen molar-refractivity contribution in [2.24, 2.45) is 0 Å². The van der Waals surface area contributed by atoms with Crippen LogP contribution in [-0.2, 0) is 6.18 Å². The summed E-state index contributed by atoms with van der Waals surface area (Å²) in [5, 5.41) is 2.41. The van der Waals surface area contributed by atoms with E-state index in [1.807, 2.05) is 0 Å². The lowest BCUT2D eigenvalue weighted by Crippen LogP contribution is -2.11. The first-order chi connectivity index (χ1) is 9.29. The third-order valence-corrected chi connectivity index (χ3v) is 2.97. The average molecular weight is 304 g/mol. The molecule has 0 aliphatic heterocycles. The van der Waals surface area contributed by atoms with Crippen LogP contribution in [0.5, 0.6) is 0 Å². The Bertz CT molecular complexity index is 697. The minimum atomic E-state index is -4.45. The molecular weight excluding hydrogens is 295 g/mol. The Morgan fingerprint density at radius 1 is 1.35 bits per heavy atom. The zero-order valence-electron chi connectivity index (χ0n) is 10.2. The molecule has 0 bridgehead atoms. The third-order valence-electron chi connectivity index (χ3n) is 2.61. The number of nitrogens with zero attached hydrogens (tertiary/aromatic N) is 1. The van der Waals surface area contributed by atoms with Crippen LogP contribution in [0.1, 0.15) is 11.1 Å². The summed E-state index contributed by atoms with van der Waals surface area (Å²) < 4.78 is 38.0. The van der Waals surface area contributed by atoms with Gasteiger partial charge in [-0.3, -0.25) is 4.79 Å². The van der Waals surface area contributed by atoms with E-state index < -0.39 is 17.3 Å². The molecule has 106 valence electrons. The molecule has 2 aromatic rings. The molecule has 0 spiro atoms. The molecule has 1 aromatic carbocycles. The van der Waals surface area contributed by atoms with Crippen molar-refractivity contribution in [2.75, 3.05) is 5.32 Å². The minimum Gasteiger partial charge on any atom is -0.339 e. The predicted octanol–water partition coefficient (Wildman–Crippen LogP) is 3.49. The Labute approximate surface area is 116 Å². The number of anilines is 2. The zero-order chi connectivity index (χ0) is 14.9. The van der Waals surface area contributed by atoms with Gasteiger partial charge < -0.3 is 10.3 Å². The molecule has 4 nitrogen and oxygen atoms in total. The van der Waals surface area contributed by atoms with E-state index in [1.165, 1.54) is 6.07 Å². The van der Waals surface area contributed by atoms with Gasteiger partial charge in [0.1, 0.15) is 5.02 Å². The molecule has 8 heteroatoms. The second-order valence-corrected chi connectivity index (χ2v) is 4.42. The van der Waals surface area contributed by atoms with E-state index in [4.69, 9.17) is 11.6 Å². The number of aromatic nitrogens is 2. The summed E-state index contributed by atoms with van der Waals surface area (Å²) in [6.45, 7) is 1.63. The number of hydrogen-bond donors (Lipinski definition) is 2. The molecule has 1 heterocycles. The van der Waals surface area contributed by atoms with Crippen LogP contribution in [0.2, 0.25) is 5.02 Å². The van der Waals surface area contributed by atoms with Gasteiger partial charge in [0.25, 0.3) is 5.56 Å². The van der Waals surface area contributed by atoms with Crippen LogP contribution in [0.25, 0.3) is 0 Å². The predicted molar refractivity (Wildman–Crippen MR) is 69.3 cm³/mol. The van der Waals surface area contributed by atoms with Gasteiger partial charge in [-0.2, -0.15) is 13.2 Å². The number of aryl methyl sites for hydroxylation is 1. The highest BCUT2D eigenvalue weighted by Crippen LogP contribution is 2.33. The number of rotatable bonds is 2. The summed E-state index contributed by atoms with van der Waals surface area (Å²) in [5.74, 6) is -0.00200. The quantitative estimate of drug-likeness (QED) is 0.893. The van der Waals surface area contributed by atoms with Gasteiger partial charge in [0.15, 0.2) is 5.82 Å². The minimum absolute atomic E-state index is 0.00200. The van der Waals surface area contributed by atoms with Crippen molar-refractivity contribution in [3.63, 3.8) is 0 Å². The van der Waals surface area contributed by atoms with Gasteiger partial charge in [-0.25, -0.2) is 4.98 Å². The SMILES string of the molecule is Cc1ccc(C(F)(F)F)cc1Nc1nc[nH]c(=O)c1Cl. The fourth-order valence-corrected chi connectivity index (χ4v) is 1.68. The molecule has 0 saturated carbocycles. The van der Waals surface area contributed by atoms with Crippen molar-refractivity contribution in [3.8, 4) is 0 Å². The summed E-state index contributed by atoms with van der Waals surface area (Å²) in [6, 6.07) is 3.24. The molecule has 0 radical (unpaired) electrons. The van der Waals surface area contributed by atoms with E-state index in [0.29, 0.717) is 5.56 Å². The second-order valence-electron chi connectivity index (χ2n) is 4.05.